The van der Waals surface area contributed by atoms with E-state index >= 15 is 0 Å². The molecule has 0 aliphatic heterocycles. The average molecular weight is 516 g/mol. The number of aliphatic hydroxyl groups is 3. The van der Waals surface area contributed by atoms with Gasteiger partial charge in [0.25, 0.3) is 0 Å². The Bertz CT molecular complexity index is 405. The average Bonchev–Trinajstić information content (AvgIpc) is 2.91. The topological polar surface area (TPSA) is 70.4 Å². The van der Waals surface area contributed by atoms with Gasteiger partial charge in [-0.15, -0.1) is 0 Å². The van der Waals surface area contributed by atoms with E-state index in [0.717, 1.165) is 116 Å². The first-order valence-corrected chi connectivity index (χ1v) is 15.5. The lowest BCUT2D eigenvalue weighted by atomic mass is 9.81. The van der Waals surface area contributed by atoms with Gasteiger partial charge < -0.3 is 15.3 Å². The van der Waals surface area contributed by atoms with E-state index in [1.807, 2.05) is 0 Å². The van der Waals surface area contributed by atoms with Crippen LogP contribution in [0, 0.1) is 5.41 Å². The SMILES string of the molecule is CCCCN(CCCC)C(CC(CO)(CO)CO)(N(CCCC)CCCC)N(CCCC)CCCC. The maximum atomic E-state index is 10.6. The predicted octanol–water partition coefficient (Wildman–Crippen LogP) is 5.70. The first-order chi connectivity index (χ1) is 17.4. The summed E-state index contributed by atoms with van der Waals surface area (Å²) in [7, 11) is 0. The monoisotopic (exact) mass is 516 g/mol. The summed E-state index contributed by atoms with van der Waals surface area (Å²) >= 11 is 0. The normalized spacial score (nSPS) is 13.0. The number of hydrogen-bond donors (Lipinski definition) is 3. The molecule has 0 aromatic carbocycles. The Hall–Kier alpha value is -0.240. The zero-order chi connectivity index (χ0) is 27.3. The van der Waals surface area contributed by atoms with E-state index in [2.05, 4.69) is 56.2 Å². The first kappa shape index (κ1) is 35.8. The highest BCUT2D eigenvalue weighted by atomic mass is 16.3. The molecule has 0 rings (SSSR count). The van der Waals surface area contributed by atoms with Crippen molar-refractivity contribution in [2.75, 3.05) is 59.1 Å². The van der Waals surface area contributed by atoms with Gasteiger partial charge >= 0.3 is 0 Å². The second-order valence-corrected chi connectivity index (χ2v) is 11.0. The molecule has 6 nitrogen and oxygen atoms in total. The molecule has 0 aliphatic carbocycles. The fourth-order valence-electron chi connectivity index (χ4n) is 5.26. The molecule has 218 valence electrons. The highest BCUT2D eigenvalue weighted by Crippen LogP contribution is 2.39. The minimum atomic E-state index is -0.927. The third-order valence-electron chi connectivity index (χ3n) is 7.83. The molecule has 3 N–H and O–H groups in total. The third kappa shape index (κ3) is 11.2. The molecular weight excluding hydrogens is 450 g/mol. The molecule has 0 fully saturated rings. The van der Waals surface area contributed by atoms with Crippen LogP contribution in [-0.4, -0.2) is 94.9 Å². The van der Waals surface area contributed by atoms with Crippen molar-refractivity contribution in [3.05, 3.63) is 0 Å². The van der Waals surface area contributed by atoms with E-state index in [-0.39, 0.29) is 19.8 Å². The lowest BCUT2D eigenvalue weighted by Crippen LogP contribution is -2.73. The lowest BCUT2D eigenvalue weighted by Gasteiger charge is -2.59. The summed E-state index contributed by atoms with van der Waals surface area (Å²) in [6.07, 6.45) is 14.1. The van der Waals surface area contributed by atoms with Crippen LogP contribution < -0.4 is 0 Å². The van der Waals surface area contributed by atoms with Crippen molar-refractivity contribution in [3.63, 3.8) is 0 Å². The van der Waals surface area contributed by atoms with Crippen molar-refractivity contribution < 1.29 is 15.3 Å². The quantitative estimate of drug-likeness (QED) is 0.128. The van der Waals surface area contributed by atoms with Gasteiger partial charge in [0.2, 0.25) is 0 Å². The summed E-state index contributed by atoms with van der Waals surface area (Å²) in [6, 6.07) is 0. The van der Waals surface area contributed by atoms with Gasteiger partial charge in [0.05, 0.1) is 19.8 Å². The minimum Gasteiger partial charge on any atom is -0.396 e. The molecule has 0 heterocycles. The molecule has 0 atom stereocenters. The van der Waals surface area contributed by atoms with Gasteiger partial charge in [0.15, 0.2) is 0 Å². The standard InChI is InChI=1S/C30H65N3O3/c1-7-13-19-31(20-14-8-2)30(25-29(26-34,27-35)28-36,32(21-15-9-3)22-16-10-4)33(23-17-11-5)24-18-12-6/h34-36H,7-28H2,1-6H3. The van der Waals surface area contributed by atoms with Gasteiger partial charge in [0.1, 0.15) is 5.79 Å². The molecule has 0 bridgehead atoms. The summed E-state index contributed by atoms with van der Waals surface area (Å²) in [6.45, 7) is 18.9. The minimum absolute atomic E-state index is 0.206. The zero-order valence-electron chi connectivity index (χ0n) is 25.2. The van der Waals surface area contributed by atoms with Crippen LogP contribution in [0.5, 0.6) is 0 Å². The van der Waals surface area contributed by atoms with Gasteiger partial charge in [-0.05, 0) is 38.5 Å². The Morgan fingerprint density at radius 3 is 0.806 bits per heavy atom. The van der Waals surface area contributed by atoms with Crippen molar-refractivity contribution in [2.45, 2.75) is 131 Å². The Morgan fingerprint density at radius 2 is 0.639 bits per heavy atom. The maximum absolute atomic E-state index is 10.6. The smallest absolute Gasteiger partial charge is 0.131 e. The summed E-state index contributed by atoms with van der Waals surface area (Å²) in [4.78, 5) is 8.10. The number of unbranched alkanes of at least 4 members (excludes halogenated alkanes) is 6. The Labute approximate surface area is 225 Å². The summed E-state index contributed by atoms with van der Waals surface area (Å²) < 4.78 is 0. The van der Waals surface area contributed by atoms with Crippen LogP contribution in [0.4, 0.5) is 0 Å². The van der Waals surface area contributed by atoms with Crippen LogP contribution in [0.25, 0.3) is 0 Å². The summed E-state index contributed by atoms with van der Waals surface area (Å²) in [5.74, 6) is -0.437. The Kier molecular flexibility index (Phi) is 21.5. The predicted molar refractivity (Wildman–Crippen MR) is 155 cm³/mol. The summed E-state index contributed by atoms with van der Waals surface area (Å²) in [5, 5.41) is 31.7. The van der Waals surface area contributed by atoms with Gasteiger partial charge in [-0.1, -0.05) is 80.1 Å². The van der Waals surface area contributed by atoms with Crippen molar-refractivity contribution in [3.8, 4) is 0 Å². The number of aliphatic hydroxyl groups excluding tert-OH is 3. The molecule has 0 unspecified atom stereocenters. The fourth-order valence-corrected chi connectivity index (χ4v) is 5.26. The number of rotatable bonds is 26. The van der Waals surface area contributed by atoms with Gasteiger partial charge in [-0.25, -0.2) is 0 Å². The second-order valence-electron chi connectivity index (χ2n) is 11.0. The maximum Gasteiger partial charge on any atom is 0.131 e. The van der Waals surface area contributed by atoms with E-state index < -0.39 is 11.2 Å². The third-order valence-corrected chi connectivity index (χ3v) is 7.83. The Balaban J connectivity index is 7.19. The van der Waals surface area contributed by atoms with Crippen molar-refractivity contribution >= 4 is 0 Å². The van der Waals surface area contributed by atoms with Crippen LogP contribution in [0.3, 0.4) is 0 Å². The van der Waals surface area contributed by atoms with Gasteiger partial charge in [-0.3, -0.25) is 14.7 Å². The molecule has 0 aromatic heterocycles. The molecule has 0 radical (unpaired) electrons. The van der Waals surface area contributed by atoms with Crippen molar-refractivity contribution in [1.82, 2.24) is 14.7 Å². The summed E-state index contributed by atoms with van der Waals surface area (Å²) in [5.41, 5.74) is -0.927. The molecule has 0 saturated heterocycles. The van der Waals surface area contributed by atoms with Crippen LogP contribution in [-0.2, 0) is 0 Å². The molecule has 0 saturated carbocycles. The van der Waals surface area contributed by atoms with Crippen molar-refractivity contribution in [1.29, 1.82) is 0 Å². The molecule has 6 heteroatoms. The van der Waals surface area contributed by atoms with E-state index in [4.69, 9.17) is 0 Å². The van der Waals surface area contributed by atoms with Gasteiger partial charge in [0, 0.05) is 51.1 Å². The van der Waals surface area contributed by atoms with Crippen LogP contribution >= 0.6 is 0 Å². The van der Waals surface area contributed by atoms with Gasteiger partial charge in [-0.2, -0.15) is 0 Å². The largest absolute Gasteiger partial charge is 0.396 e. The number of hydrogen-bond acceptors (Lipinski definition) is 6. The van der Waals surface area contributed by atoms with Crippen LogP contribution in [0.1, 0.15) is 125 Å². The highest BCUT2D eigenvalue weighted by Gasteiger charge is 2.51. The zero-order valence-corrected chi connectivity index (χ0v) is 25.2. The molecular formula is C30H65N3O3. The van der Waals surface area contributed by atoms with E-state index in [9.17, 15) is 15.3 Å². The van der Waals surface area contributed by atoms with Crippen LogP contribution in [0.2, 0.25) is 0 Å². The molecule has 0 aromatic rings. The fraction of sp³-hybridized carbons (Fsp3) is 1.00. The molecule has 36 heavy (non-hydrogen) atoms. The lowest BCUT2D eigenvalue weighted by molar-refractivity contribution is -0.206. The second kappa shape index (κ2) is 21.7. The molecule has 0 aliphatic rings. The molecule has 0 spiro atoms. The van der Waals surface area contributed by atoms with E-state index in [1.165, 1.54) is 0 Å². The van der Waals surface area contributed by atoms with E-state index in [1.54, 1.807) is 0 Å². The first-order valence-electron chi connectivity index (χ1n) is 15.5. The van der Waals surface area contributed by atoms with Crippen LogP contribution in [0.15, 0.2) is 0 Å². The Morgan fingerprint density at radius 1 is 0.417 bits per heavy atom. The number of nitrogens with zero attached hydrogens (tertiary/aromatic N) is 3. The van der Waals surface area contributed by atoms with E-state index in [0.29, 0.717) is 6.42 Å². The molecule has 0 amide bonds. The highest BCUT2D eigenvalue weighted by molar-refractivity contribution is 4.98. The van der Waals surface area contributed by atoms with Crippen molar-refractivity contribution in [2.24, 2.45) is 5.41 Å².